The zero-order valence-corrected chi connectivity index (χ0v) is 39.1. The lowest BCUT2D eigenvalue weighted by Crippen LogP contribution is -2.24. The van der Waals surface area contributed by atoms with Gasteiger partial charge in [-0.3, -0.25) is 0 Å². The number of nitrogens with zero attached hydrogens (tertiary/aromatic N) is 2. The van der Waals surface area contributed by atoms with Gasteiger partial charge in [0.25, 0.3) is 0 Å². The van der Waals surface area contributed by atoms with Crippen LogP contribution in [-0.2, 0) is 21.7 Å². The first-order valence-electron chi connectivity index (χ1n) is 23.1. The van der Waals surface area contributed by atoms with Crippen molar-refractivity contribution in [3.05, 3.63) is 203 Å². The van der Waals surface area contributed by atoms with E-state index in [0.29, 0.717) is 0 Å². The molecule has 0 saturated heterocycles. The molecule has 0 atom stereocenters. The molecule has 11 rings (SSSR count). The number of aromatic nitrogens is 1. The van der Waals surface area contributed by atoms with Crippen LogP contribution in [0, 0.1) is 0 Å². The van der Waals surface area contributed by atoms with Gasteiger partial charge >= 0.3 is 0 Å². The lowest BCUT2D eigenvalue weighted by atomic mass is 9.71. The van der Waals surface area contributed by atoms with E-state index in [2.05, 4.69) is 249 Å². The van der Waals surface area contributed by atoms with Crippen molar-refractivity contribution in [2.75, 3.05) is 4.90 Å². The first-order valence-corrected chi connectivity index (χ1v) is 23.1. The molecule has 0 amide bonds. The molecule has 1 heterocycles. The molecular formula is C62H58N2. The summed E-state index contributed by atoms with van der Waals surface area (Å²) in [5.74, 6) is 0. The summed E-state index contributed by atoms with van der Waals surface area (Å²) in [5, 5.41) is 2.51. The molecule has 2 aliphatic carbocycles. The lowest BCUT2D eigenvalue weighted by molar-refractivity contribution is 0.545. The fraction of sp³-hybridized carbons (Fsp3) is 0.226. The monoisotopic (exact) mass is 830 g/mol. The summed E-state index contributed by atoms with van der Waals surface area (Å²) < 4.78 is 2.46. The number of hydrogen-bond donors (Lipinski definition) is 0. The fourth-order valence-electron chi connectivity index (χ4n) is 11.3. The Kier molecular flexibility index (Phi) is 8.74. The standard InChI is InChI=1S/C62H58N2/c1-59(2,3)41-35-49-57-51(62(9,10)58(49)53(36-41)60(4,5)6)27-19-29-56(57)63(44-31-32-46-45-24-14-16-26-50(45)61(7,8)52(46)38-44)42-22-18-23-43(37-42)64-54-28-17-15-25-47(54)48-34-40(30-33-55(48)64)39-20-12-11-13-21-39/h11-38H,1-10H3. The number of benzene rings is 8. The quantitative estimate of drug-likeness (QED) is 0.168. The van der Waals surface area contributed by atoms with Gasteiger partial charge in [-0.1, -0.05) is 184 Å². The van der Waals surface area contributed by atoms with Crippen molar-refractivity contribution in [2.45, 2.75) is 90.9 Å². The van der Waals surface area contributed by atoms with Crippen molar-refractivity contribution >= 4 is 38.9 Å². The largest absolute Gasteiger partial charge is 0.310 e. The molecule has 0 unspecified atom stereocenters. The molecule has 8 aromatic carbocycles. The summed E-state index contributed by atoms with van der Waals surface area (Å²) in [7, 11) is 0. The van der Waals surface area contributed by atoms with E-state index in [0.717, 1.165) is 17.1 Å². The van der Waals surface area contributed by atoms with Crippen molar-refractivity contribution in [1.82, 2.24) is 4.57 Å². The Hall–Kier alpha value is -6.64. The Balaban J connectivity index is 1.18. The number of hydrogen-bond acceptors (Lipinski definition) is 1. The topological polar surface area (TPSA) is 8.17 Å². The smallest absolute Gasteiger partial charge is 0.0543 e. The van der Waals surface area contributed by atoms with E-state index < -0.39 is 0 Å². The summed E-state index contributed by atoms with van der Waals surface area (Å²) in [5.41, 5.74) is 22.8. The van der Waals surface area contributed by atoms with Crippen molar-refractivity contribution in [1.29, 1.82) is 0 Å². The maximum atomic E-state index is 2.56. The second kappa shape index (κ2) is 13.9. The Morgan fingerprint density at radius 1 is 0.438 bits per heavy atom. The van der Waals surface area contributed by atoms with Crippen molar-refractivity contribution in [3.8, 4) is 39.1 Å². The van der Waals surface area contributed by atoms with Crippen LogP contribution in [0.4, 0.5) is 17.1 Å². The van der Waals surface area contributed by atoms with Crippen LogP contribution < -0.4 is 4.90 Å². The SMILES string of the molecule is CC(C)(C)c1cc2c(c(C(C)(C)C)c1)C(C)(C)c1cccc(N(c3cccc(-n4c5ccccc5c5cc(-c6ccccc6)ccc54)c3)c3ccc4c(c3)C(C)(C)c3ccccc3-4)c1-2. The molecule has 64 heavy (non-hydrogen) atoms. The molecule has 2 aliphatic rings. The summed E-state index contributed by atoms with van der Waals surface area (Å²) >= 11 is 0. The van der Waals surface area contributed by atoms with Crippen LogP contribution in [0.1, 0.15) is 103 Å². The first-order chi connectivity index (χ1) is 30.5. The van der Waals surface area contributed by atoms with Crippen molar-refractivity contribution in [3.63, 3.8) is 0 Å². The Labute approximate surface area is 379 Å². The Morgan fingerprint density at radius 2 is 1.11 bits per heavy atom. The highest BCUT2D eigenvalue weighted by Crippen LogP contribution is 2.58. The minimum atomic E-state index is -0.198. The third kappa shape index (κ3) is 5.98. The molecule has 2 heteroatoms. The third-order valence-corrected chi connectivity index (χ3v) is 14.6. The third-order valence-electron chi connectivity index (χ3n) is 14.6. The molecule has 0 radical (unpaired) electrons. The Bertz CT molecular complexity index is 3340. The predicted molar refractivity (Wildman–Crippen MR) is 273 cm³/mol. The van der Waals surface area contributed by atoms with E-state index in [1.165, 1.54) is 94.3 Å². The van der Waals surface area contributed by atoms with E-state index in [1.807, 2.05) is 0 Å². The molecule has 316 valence electrons. The van der Waals surface area contributed by atoms with E-state index in [-0.39, 0.29) is 21.7 Å². The van der Waals surface area contributed by atoms with Gasteiger partial charge in [-0.25, -0.2) is 0 Å². The van der Waals surface area contributed by atoms with Gasteiger partial charge in [0.15, 0.2) is 0 Å². The maximum Gasteiger partial charge on any atom is 0.0543 e. The minimum Gasteiger partial charge on any atom is -0.310 e. The van der Waals surface area contributed by atoms with Gasteiger partial charge in [0.05, 0.1) is 16.7 Å². The highest BCUT2D eigenvalue weighted by atomic mass is 15.1. The van der Waals surface area contributed by atoms with Gasteiger partial charge in [-0.15, -0.1) is 0 Å². The summed E-state index contributed by atoms with van der Waals surface area (Å²) in [6.45, 7) is 23.9. The number of fused-ring (bicyclic) bond motifs is 9. The molecule has 1 aromatic heterocycles. The summed E-state index contributed by atoms with van der Waals surface area (Å²) in [6, 6.07) is 64.1. The highest BCUT2D eigenvalue weighted by molar-refractivity contribution is 6.10. The van der Waals surface area contributed by atoms with Gasteiger partial charge in [0, 0.05) is 44.2 Å². The highest BCUT2D eigenvalue weighted by Gasteiger charge is 2.43. The van der Waals surface area contributed by atoms with E-state index in [4.69, 9.17) is 0 Å². The fourth-order valence-corrected chi connectivity index (χ4v) is 11.3. The van der Waals surface area contributed by atoms with Crippen molar-refractivity contribution in [2.24, 2.45) is 0 Å². The van der Waals surface area contributed by atoms with Crippen LogP contribution in [0.2, 0.25) is 0 Å². The van der Waals surface area contributed by atoms with Crippen molar-refractivity contribution < 1.29 is 0 Å². The molecule has 0 N–H and O–H groups in total. The normalized spacial score (nSPS) is 14.7. The van der Waals surface area contributed by atoms with Gasteiger partial charge < -0.3 is 9.47 Å². The summed E-state index contributed by atoms with van der Waals surface area (Å²) in [6.07, 6.45) is 0. The van der Waals surface area contributed by atoms with Gasteiger partial charge in [-0.05, 0) is 127 Å². The van der Waals surface area contributed by atoms with E-state index in [1.54, 1.807) is 0 Å². The van der Waals surface area contributed by atoms with Crippen LogP contribution in [0.3, 0.4) is 0 Å². The average Bonchev–Trinajstić information content (AvgIpc) is 3.83. The summed E-state index contributed by atoms with van der Waals surface area (Å²) in [4.78, 5) is 2.56. The van der Waals surface area contributed by atoms with E-state index in [9.17, 15) is 0 Å². The number of anilines is 3. The predicted octanol–water partition coefficient (Wildman–Crippen LogP) is 17.1. The maximum absolute atomic E-state index is 2.56. The zero-order valence-electron chi connectivity index (χ0n) is 39.1. The lowest BCUT2D eigenvalue weighted by Gasteiger charge is -2.32. The minimum absolute atomic E-state index is 0.0182. The molecule has 0 aliphatic heterocycles. The number of para-hydroxylation sites is 1. The Morgan fingerprint density at radius 3 is 1.89 bits per heavy atom. The van der Waals surface area contributed by atoms with Gasteiger partial charge in [0.2, 0.25) is 0 Å². The molecular weight excluding hydrogens is 773 g/mol. The van der Waals surface area contributed by atoms with Crippen LogP contribution in [0.5, 0.6) is 0 Å². The average molecular weight is 831 g/mol. The van der Waals surface area contributed by atoms with Gasteiger partial charge in [-0.2, -0.15) is 0 Å². The molecule has 0 saturated carbocycles. The van der Waals surface area contributed by atoms with Crippen LogP contribution >= 0.6 is 0 Å². The second-order valence-corrected chi connectivity index (χ2v) is 21.5. The molecule has 2 nitrogen and oxygen atoms in total. The number of rotatable bonds is 5. The van der Waals surface area contributed by atoms with Crippen LogP contribution in [-0.4, -0.2) is 4.57 Å². The van der Waals surface area contributed by atoms with Crippen LogP contribution in [0.15, 0.2) is 170 Å². The molecule has 9 aromatic rings. The molecule has 0 bridgehead atoms. The van der Waals surface area contributed by atoms with Crippen LogP contribution in [0.25, 0.3) is 60.9 Å². The molecule has 0 spiro atoms. The van der Waals surface area contributed by atoms with E-state index >= 15 is 0 Å². The zero-order chi connectivity index (χ0) is 44.5. The second-order valence-electron chi connectivity index (χ2n) is 21.5. The molecule has 0 fully saturated rings. The first kappa shape index (κ1) is 40.2. The van der Waals surface area contributed by atoms with Gasteiger partial charge in [0.1, 0.15) is 0 Å².